The number of carbonyl (C=O) groups excluding carboxylic acids is 1. The summed E-state index contributed by atoms with van der Waals surface area (Å²) in [7, 11) is 1.53. The Kier molecular flexibility index (Phi) is 4.80. The Labute approximate surface area is 116 Å². The van der Waals surface area contributed by atoms with E-state index >= 15 is 0 Å². The summed E-state index contributed by atoms with van der Waals surface area (Å²) >= 11 is 0. The first-order valence-corrected chi connectivity index (χ1v) is 6.12. The van der Waals surface area contributed by atoms with Crippen molar-refractivity contribution in [3.05, 3.63) is 30.7 Å². The van der Waals surface area contributed by atoms with Crippen LogP contribution in [0.5, 0.6) is 0 Å². The Morgan fingerprint density at radius 3 is 2.75 bits per heavy atom. The Morgan fingerprint density at radius 2 is 2.20 bits per heavy atom. The van der Waals surface area contributed by atoms with Crippen molar-refractivity contribution in [2.45, 2.75) is 12.5 Å². The van der Waals surface area contributed by atoms with E-state index in [4.69, 9.17) is 10.5 Å². The Morgan fingerprint density at radius 1 is 1.45 bits per heavy atom. The van der Waals surface area contributed by atoms with Crippen molar-refractivity contribution in [1.82, 2.24) is 10.1 Å². The molecular formula is C13H16N4O3. The Hall–Kier alpha value is -2.25. The molecule has 1 amide bonds. The first kappa shape index (κ1) is 14.2. The van der Waals surface area contributed by atoms with Gasteiger partial charge >= 0.3 is 0 Å². The average molecular weight is 276 g/mol. The van der Waals surface area contributed by atoms with Crippen molar-refractivity contribution >= 4 is 11.6 Å². The number of nitrogens with one attached hydrogen (secondary N) is 1. The first-order chi connectivity index (χ1) is 9.72. The number of aromatic nitrogens is 2. The maximum Gasteiger partial charge on any atom is 0.227 e. The number of ether oxygens (including phenoxy) is 1. The number of benzene rings is 1. The minimum atomic E-state index is -0.270. The second kappa shape index (κ2) is 6.78. The molecule has 0 fully saturated rings. The number of hydrogen-bond acceptors (Lipinski definition) is 6. The summed E-state index contributed by atoms with van der Waals surface area (Å²) in [6, 6.07) is 7.15. The van der Waals surface area contributed by atoms with Gasteiger partial charge in [-0.25, -0.2) is 0 Å². The maximum atomic E-state index is 11.8. The van der Waals surface area contributed by atoms with Gasteiger partial charge in [0.2, 0.25) is 18.1 Å². The second-order valence-corrected chi connectivity index (χ2v) is 4.18. The van der Waals surface area contributed by atoms with Crippen molar-refractivity contribution in [3.63, 3.8) is 0 Å². The molecule has 0 radical (unpaired) electrons. The van der Waals surface area contributed by atoms with E-state index in [-0.39, 0.29) is 18.4 Å². The molecule has 7 nitrogen and oxygen atoms in total. The van der Waals surface area contributed by atoms with Gasteiger partial charge in [0.1, 0.15) is 0 Å². The summed E-state index contributed by atoms with van der Waals surface area (Å²) in [5, 5.41) is 6.51. The van der Waals surface area contributed by atoms with Crippen LogP contribution in [0.4, 0.5) is 5.69 Å². The molecule has 0 aliphatic rings. The molecule has 2 aromatic rings. The van der Waals surface area contributed by atoms with Gasteiger partial charge in [0.05, 0.1) is 12.5 Å². The fourth-order valence-electron chi connectivity index (χ4n) is 1.68. The quantitative estimate of drug-likeness (QED) is 0.817. The molecule has 20 heavy (non-hydrogen) atoms. The van der Waals surface area contributed by atoms with Crippen LogP contribution in [0.2, 0.25) is 0 Å². The molecule has 0 saturated heterocycles. The third-order valence-corrected chi connectivity index (χ3v) is 2.80. The topological polar surface area (TPSA) is 103 Å². The third kappa shape index (κ3) is 3.62. The maximum absolute atomic E-state index is 11.8. The lowest BCUT2D eigenvalue weighted by molar-refractivity contribution is -0.118. The summed E-state index contributed by atoms with van der Waals surface area (Å²) in [6.45, 7) is 0.306. The van der Waals surface area contributed by atoms with Gasteiger partial charge in [-0.2, -0.15) is 4.98 Å². The molecule has 1 heterocycles. The van der Waals surface area contributed by atoms with Crippen LogP contribution in [0, 0.1) is 0 Å². The minimum Gasteiger partial charge on any atom is -0.380 e. The minimum absolute atomic E-state index is 0.144. The van der Waals surface area contributed by atoms with Crippen molar-refractivity contribution < 1.29 is 14.1 Å². The smallest absolute Gasteiger partial charge is 0.227 e. The van der Waals surface area contributed by atoms with E-state index in [9.17, 15) is 4.79 Å². The molecule has 2 rings (SSSR count). The lowest BCUT2D eigenvalue weighted by Crippen LogP contribution is -2.28. The van der Waals surface area contributed by atoms with Gasteiger partial charge < -0.3 is 20.3 Å². The van der Waals surface area contributed by atoms with Crippen molar-refractivity contribution in [3.8, 4) is 11.4 Å². The number of amides is 1. The summed E-state index contributed by atoms with van der Waals surface area (Å²) in [5.74, 6) is 0.361. The van der Waals surface area contributed by atoms with E-state index in [1.807, 2.05) is 0 Å². The molecule has 3 N–H and O–H groups in total. The van der Waals surface area contributed by atoms with Crippen molar-refractivity contribution in [2.24, 2.45) is 5.73 Å². The number of methoxy groups -OCH3 is 1. The molecule has 1 unspecified atom stereocenters. The van der Waals surface area contributed by atoms with E-state index in [2.05, 4.69) is 20.0 Å². The second-order valence-electron chi connectivity index (χ2n) is 4.18. The van der Waals surface area contributed by atoms with E-state index in [0.717, 1.165) is 5.56 Å². The lowest BCUT2D eigenvalue weighted by Gasteiger charge is -2.12. The van der Waals surface area contributed by atoms with Gasteiger partial charge in [-0.1, -0.05) is 5.16 Å². The van der Waals surface area contributed by atoms with Crippen molar-refractivity contribution in [2.75, 3.05) is 19.0 Å². The number of nitrogens with two attached hydrogens (primary N) is 1. The molecule has 106 valence electrons. The molecule has 1 aromatic carbocycles. The zero-order valence-corrected chi connectivity index (χ0v) is 11.1. The van der Waals surface area contributed by atoms with Gasteiger partial charge in [-0.05, 0) is 24.3 Å². The molecule has 0 saturated carbocycles. The lowest BCUT2D eigenvalue weighted by atomic mass is 10.2. The predicted octanol–water partition coefficient (Wildman–Crippen LogP) is 1.04. The summed E-state index contributed by atoms with van der Waals surface area (Å²) in [6.07, 6.45) is 1.22. The molecule has 7 heteroatoms. The predicted molar refractivity (Wildman–Crippen MR) is 72.8 cm³/mol. The number of rotatable bonds is 6. The van der Waals surface area contributed by atoms with Crippen molar-refractivity contribution in [1.29, 1.82) is 0 Å². The molecule has 0 bridgehead atoms. The van der Waals surface area contributed by atoms with Gasteiger partial charge in [0, 0.05) is 24.9 Å². The highest BCUT2D eigenvalue weighted by Gasteiger charge is 2.11. The zero-order chi connectivity index (χ0) is 14.4. The van der Waals surface area contributed by atoms with Crippen LogP contribution in [-0.4, -0.2) is 35.8 Å². The van der Waals surface area contributed by atoms with Gasteiger partial charge in [-0.3, -0.25) is 4.79 Å². The van der Waals surface area contributed by atoms with Crippen LogP contribution in [0.25, 0.3) is 11.4 Å². The number of nitrogens with zero attached hydrogens (tertiary/aromatic N) is 2. The Bertz CT molecular complexity index is 535. The van der Waals surface area contributed by atoms with Gasteiger partial charge in [0.25, 0.3) is 0 Å². The number of anilines is 1. The van der Waals surface area contributed by atoms with E-state index in [1.54, 1.807) is 24.3 Å². The van der Waals surface area contributed by atoms with Crippen LogP contribution < -0.4 is 11.1 Å². The average Bonchev–Trinajstić information content (AvgIpc) is 2.99. The first-order valence-electron chi connectivity index (χ1n) is 6.12. The van der Waals surface area contributed by atoms with E-state index in [1.165, 1.54) is 13.5 Å². The largest absolute Gasteiger partial charge is 0.380 e. The monoisotopic (exact) mass is 276 g/mol. The Balaban J connectivity index is 1.95. The number of carbonyl (C=O) groups is 1. The fourth-order valence-corrected chi connectivity index (χ4v) is 1.68. The van der Waals surface area contributed by atoms with E-state index in [0.29, 0.717) is 18.1 Å². The zero-order valence-electron chi connectivity index (χ0n) is 11.1. The van der Waals surface area contributed by atoms with Gasteiger partial charge in [-0.15, -0.1) is 0 Å². The highest BCUT2D eigenvalue weighted by molar-refractivity contribution is 5.91. The SMILES string of the molecule is COC(CN)CC(=O)Nc1ccc(-c2ncon2)cc1. The normalized spacial score (nSPS) is 12.1. The van der Waals surface area contributed by atoms with Crippen LogP contribution in [0.15, 0.2) is 35.2 Å². The van der Waals surface area contributed by atoms with Crippen LogP contribution >= 0.6 is 0 Å². The highest BCUT2D eigenvalue weighted by Crippen LogP contribution is 2.17. The van der Waals surface area contributed by atoms with Gasteiger partial charge in [0.15, 0.2) is 0 Å². The molecule has 1 aromatic heterocycles. The highest BCUT2D eigenvalue weighted by atomic mass is 16.5. The summed E-state index contributed by atoms with van der Waals surface area (Å²) in [5.41, 5.74) is 6.97. The molecule has 0 spiro atoms. The van der Waals surface area contributed by atoms with Crippen LogP contribution in [0.3, 0.4) is 0 Å². The van der Waals surface area contributed by atoms with E-state index < -0.39 is 0 Å². The van der Waals surface area contributed by atoms with Crippen LogP contribution in [-0.2, 0) is 9.53 Å². The molecule has 1 atom stereocenters. The summed E-state index contributed by atoms with van der Waals surface area (Å²) in [4.78, 5) is 15.7. The summed E-state index contributed by atoms with van der Waals surface area (Å²) < 4.78 is 9.74. The standard InChI is InChI=1S/C13H16N4O3/c1-19-11(7-14)6-12(18)16-10-4-2-9(3-5-10)13-15-8-20-17-13/h2-5,8,11H,6-7,14H2,1H3,(H,16,18). The molecule has 0 aliphatic heterocycles. The fraction of sp³-hybridized carbons (Fsp3) is 0.308. The number of hydrogen-bond donors (Lipinski definition) is 2. The molecule has 0 aliphatic carbocycles. The van der Waals surface area contributed by atoms with Crippen LogP contribution in [0.1, 0.15) is 6.42 Å². The molecular weight excluding hydrogens is 260 g/mol. The third-order valence-electron chi connectivity index (χ3n) is 2.80.